The van der Waals surface area contributed by atoms with Gasteiger partial charge in [0.25, 0.3) is 0 Å². The van der Waals surface area contributed by atoms with E-state index >= 15 is 0 Å². The van der Waals surface area contributed by atoms with Crippen LogP contribution >= 0.6 is 0 Å². The number of hydrogen-bond donors (Lipinski definition) is 1. The molecular weight excluding hydrogens is 510 g/mol. The normalized spacial score (nSPS) is 13.2. The molecule has 1 aliphatic rings. The van der Waals surface area contributed by atoms with Crippen LogP contribution in [-0.4, -0.2) is 47.2 Å². The molecule has 1 fully saturated rings. The van der Waals surface area contributed by atoms with Crippen molar-refractivity contribution in [2.75, 3.05) is 36.9 Å². The highest BCUT2D eigenvalue weighted by molar-refractivity contribution is 5.92. The SMILES string of the molecule is CCCCOc1cc(N(Cc2ccc(-c3ccc(CN4CCCC4)cc3)cc2)C(=O)OCC)c([N+](=O)[O-])c(N)n1. The fourth-order valence-corrected chi connectivity index (χ4v) is 4.74. The van der Waals surface area contributed by atoms with E-state index in [-0.39, 0.29) is 30.5 Å². The van der Waals surface area contributed by atoms with Crippen LogP contribution in [0.3, 0.4) is 0 Å². The standard InChI is InChI=1S/C30H37N5O5/c1-3-5-18-40-27-19-26(28(35(37)38)29(31)32-27)34(30(36)39-4-2)21-23-10-14-25(15-11-23)24-12-8-22(9-13-24)20-33-16-6-7-17-33/h8-15,19H,3-7,16-18,20-21H2,1-2H3,(H2,31,32). The third-order valence-electron chi connectivity index (χ3n) is 6.87. The Morgan fingerprint density at radius 2 is 1.68 bits per heavy atom. The van der Waals surface area contributed by atoms with E-state index < -0.39 is 16.7 Å². The zero-order valence-corrected chi connectivity index (χ0v) is 23.2. The summed E-state index contributed by atoms with van der Waals surface area (Å²) in [5, 5.41) is 11.9. The number of unbranched alkanes of at least 4 members (excludes halogenated alkanes) is 1. The Labute approximate surface area is 234 Å². The molecule has 2 aromatic carbocycles. The quantitative estimate of drug-likeness (QED) is 0.162. The van der Waals surface area contributed by atoms with E-state index in [9.17, 15) is 14.9 Å². The van der Waals surface area contributed by atoms with Crippen LogP contribution in [0.2, 0.25) is 0 Å². The summed E-state index contributed by atoms with van der Waals surface area (Å²) in [6.07, 6.45) is 3.50. The molecule has 0 saturated carbocycles. The van der Waals surface area contributed by atoms with Gasteiger partial charge in [0.1, 0.15) is 5.69 Å². The fraction of sp³-hybridized carbons (Fsp3) is 0.400. The molecule has 10 heteroatoms. The van der Waals surface area contributed by atoms with Crippen LogP contribution in [0.25, 0.3) is 11.1 Å². The first-order valence-corrected chi connectivity index (χ1v) is 13.8. The van der Waals surface area contributed by atoms with Gasteiger partial charge in [-0.2, -0.15) is 4.98 Å². The van der Waals surface area contributed by atoms with Crippen molar-refractivity contribution in [1.29, 1.82) is 0 Å². The van der Waals surface area contributed by atoms with Gasteiger partial charge in [-0.1, -0.05) is 61.9 Å². The summed E-state index contributed by atoms with van der Waals surface area (Å²) in [6.45, 7) is 7.51. The number of amides is 1. The number of likely N-dealkylation sites (tertiary alicyclic amines) is 1. The highest BCUT2D eigenvalue weighted by Crippen LogP contribution is 2.37. The van der Waals surface area contributed by atoms with Crippen LogP contribution in [0.15, 0.2) is 54.6 Å². The topological polar surface area (TPSA) is 124 Å². The summed E-state index contributed by atoms with van der Waals surface area (Å²) in [5.74, 6) is -0.212. The predicted octanol–water partition coefficient (Wildman–Crippen LogP) is 6.18. The Kier molecular flexibility index (Phi) is 9.91. The zero-order chi connectivity index (χ0) is 28.5. The first-order valence-electron chi connectivity index (χ1n) is 13.8. The number of carbonyl (C=O) groups excluding carboxylic acids is 1. The maximum atomic E-state index is 13.0. The molecule has 2 N–H and O–H groups in total. The molecule has 212 valence electrons. The maximum Gasteiger partial charge on any atom is 0.414 e. The van der Waals surface area contributed by atoms with Crippen molar-refractivity contribution in [1.82, 2.24) is 9.88 Å². The van der Waals surface area contributed by atoms with Crippen LogP contribution in [0.4, 0.5) is 22.0 Å². The van der Waals surface area contributed by atoms with Gasteiger partial charge in [0.15, 0.2) is 0 Å². The number of nitro groups is 1. The Morgan fingerprint density at radius 1 is 1.05 bits per heavy atom. The molecule has 1 aliphatic heterocycles. The van der Waals surface area contributed by atoms with Crippen LogP contribution in [0.5, 0.6) is 5.88 Å². The van der Waals surface area contributed by atoms with Crippen LogP contribution < -0.4 is 15.4 Å². The minimum absolute atomic E-state index is 0.0277. The molecule has 2 heterocycles. The summed E-state index contributed by atoms with van der Waals surface area (Å²) < 4.78 is 10.9. The van der Waals surface area contributed by atoms with Gasteiger partial charge < -0.3 is 15.2 Å². The van der Waals surface area contributed by atoms with Gasteiger partial charge in [-0.05, 0) is 61.5 Å². The lowest BCUT2D eigenvalue weighted by molar-refractivity contribution is -0.383. The van der Waals surface area contributed by atoms with E-state index in [2.05, 4.69) is 34.1 Å². The Morgan fingerprint density at radius 3 is 2.25 bits per heavy atom. The number of nitrogens with zero attached hydrogens (tertiary/aromatic N) is 4. The molecule has 0 radical (unpaired) electrons. The summed E-state index contributed by atoms with van der Waals surface area (Å²) >= 11 is 0. The number of pyridine rings is 1. The van der Waals surface area contributed by atoms with Crippen molar-refractivity contribution < 1.29 is 19.2 Å². The van der Waals surface area contributed by atoms with E-state index in [0.717, 1.165) is 49.2 Å². The third-order valence-corrected chi connectivity index (χ3v) is 6.87. The van der Waals surface area contributed by atoms with Crippen LogP contribution in [0, 0.1) is 10.1 Å². The van der Waals surface area contributed by atoms with E-state index in [0.29, 0.717) is 6.61 Å². The monoisotopic (exact) mass is 547 g/mol. The maximum absolute atomic E-state index is 13.0. The fourth-order valence-electron chi connectivity index (χ4n) is 4.74. The van der Waals surface area contributed by atoms with Gasteiger partial charge in [0, 0.05) is 12.6 Å². The third kappa shape index (κ3) is 7.26. The molecule has 40 heavy (non-hydrogen) atoms. The largest absolute Gasteiger partial charge is 0.478 e. The number of ether oxygens (including phenoxy) is 2. The first-order chi connectivity index (χ1) is 19.4. The average molecular weight is 548 g/mol. The minimum atomic E-state index is -0.728. The second-order valence-electron chi connectivity index (χ2n) is 9.83. The van der Waals surface area contributed by atoms with Crippen molar-refractivity contribution in [3.05, 3.63) is 75.8 Å². The summed E-state index contributed by atoms with van der Waals surface area (Å²) in [4.78, 5) is 32.0. The Balaban J connectivity index is 1.57. The number of aromatic nitrogens is 1. The zero-order valence-electron chi connectivity index (χ0n) is 23.2. The number of rotatable bonds is 12. The lowest BCUT2D eigenvalue weighted by Crippen LogP contribution is -2.32. The highest BCUT2D eigenvalue weighted by atomic mass is 16.6. The highest BCUT2D eigenvalue weighted by Gasteiger charge is 2.30. The molecule has 0 atom stereocenters. The molecule has 0 unspecified atom stereocenters. The second-order valence-corrected chi connectivity index (χ2v) is 9.83. The van der Waals surface area contributed by atoms with Gasteiger partial charge in [0.2, 0.25) is 11.7 Å². The van der Waals surface area contributed by atoms with Gasteiger partial charge >= 0.3 is 11.8 Å². The van der Waals surface area contributed by atoms with Crippen molar-refractivity contribution in [2.45, 2.75) is 52.6 Å². The molecule has 10 nitrogen and oxygen atoms in total. The molecule has 0 spiro atoms. The lowest BCUT2D eigenvalue weighted by atomic mass is 10.0. The van der Waals surface area contributed by atoms with Crippen molar-refractivity contribution in [3.8, 4) is 17.0 Å². The molecule has 1 amide bonds. The van der Waals surface area contributed by atoms with Crippen molar-refractivity contribution in [3.63, 3.8) is 0 Å². The van der Waals surface area contributed by atoms with Gasteiger partial charge in [0.05, 0.1) is 24.7 Å². The van der Waals surface area contributed by atoms with Gasteiger partial charge in [-0.25, -0.2) is 4.79 Å². The molecule has 3 aromatic rings. The Hall–Kier alpha value is -4.18. The summed E-state index contributed by atoms with van der Waals surface area (Å²) in [7, 11) is 0. The van der Waals surface area contributed by atoms with E-state index in [1.165, 1.54) is 29.4 Å². The number of nitrogens with two attached hydrogens (primary N) is 1. The summed E-state index contributed by atoms with van der Waals surface area (Å²) in [6, 6.07) is 17.7. The van der Waals surface area contributed by atoms with E-state index in [1.54, 1.807) is 6.92 Å². The van der Waals surface area contributed by atoms with Crippen molar-refractivity contribution in [2.24, 2.45) is 0 Å². The Bertz CT molecular complexity index is 1290. The first kappa shape index (κ1) is 28.8. The molecule has 4 rings (SSSR count). The molecule has 1 aromatic heterocycles. The average Bonchev–Trinajstić information content (AvgIpc) is 3.45. The second kappa shape index (κ2) is 13.7. The van der Waals surface area contributed by atoms with E-state index in [4.69, 9.17) is 15.2 Å². The number of nitrogen functional groups attached to an aromatic ring is 1. The van der Waals surface area contributed by atoms with Gasteiger partial charge in [-0.3, -0.25) is 19.9 Å². The number of carbonyl (C=O) groups is 1. The molecular formula is C30H37N5O5. The predicted molar refractivity (Wildman–Crippen MR) is 155 cm³/mol. The van der Waals surface area contributed by atoms with E-state index in [1.807, 2.05) is 31.2 Å². The summed E-state index contributed by atoms with van der Waals surface area (Å²) in [5.41, 5.74) is 9.64. The molecule has 0 bridgehead atoms. The van der Waals surface area contributed by atoms with Gasteiger partial charge in [-0.15, -0.1) is 0 Å². The minimum Gasteiger partial charge on any atom is -0.478 e. The lowest BCUT2D eigenvalue weighted by Gasteiger charge is -2.23. The molecule has 0 aliphatic carbocycles. The number of anilines is 2. The van der Waals surface area contributed by atoms with Crippen LogP contribution in [0.1, 0.15) is 50.7 Å². The smallest absolute Gasteiger partial charge is 0.414 e. The number of benzene rings is 2. The number of hydrogen-bond acceptors (Lipinski definition) is 8. The van der Waals surface area contributed by atoms with Crippen molar-refractivity contribution >= 4 is 23.3 Å². The molecule has 1 saturated heterocycles. The van der Waals surface area contributed by atoms with Crippen LogP contribution in [-0.2, 0) is 17.8 Å².